The lowest BCUT2D eigenvalue weighted by Gasteiger charge is -2.41. The number of likely N-dealkylation sites (tertiary alicyclic amines) is 1. The molecule has 1 saturated heterocycles. The summed E-state index contributed by atoms with van der Waals surface area (Å²) in [5.41, 5.74) is 2.43. The molecule has 0 radical (unpaired) electrons. The Morgan fingerprint density at radius 3 is 2.65 bits per heavy atom. The highest BCUT2D eigenvalue weighted by molar-refractivity contribution is 5.75. The van der Waals surface area contributed by atoms with Gasteiger partial charge in [0.15, 0.2) is 0 Å². The van der Waals surface area contributed by atoms with Crippen LogP contribution in [0.3, 0.4) is 0 Å². The van der Waals surface area contributed by atoms with Gasteiger partial charge in [-0.25, -0.2) is 4.79 Å². The molecule has 1 N–H and O–H groups in total. The number of carbonyl (C=O) groups excluding carboxylic acids is 1. The van der Waals surface area contributed by atoms with Crippen molar-refractivity contribution in [1.29, 1.82) is 0 Å². The highest BCUT2D eigenvalue weighted by Gasteiger charge is 2.33. The van der Waals surface area contributed by atoms with E-state index in [9.17, 15) is 4.79 Å². The van der Waals surface area contributed by atoms with Crippen LogP contribution in [0.1, 0.15) is 23.6 Å². The zero-order chi connectivity index (χ0) is 15.6. The van der Waals surface area contributed by atoms with Gasteiger partial charge in [-0.2, -0.15) is 0 Å². The maximum absolute atomic E-state index is 12.4. The summed E-state index contributed by atoms with van der Waals surface area (Å²) >= 11 is 0. The molecule has 4 nitrogen and oxygen atoms in total. The van der Waals surface area contributed by atoms with Crippen molar-refractivity contribution in [1.82, 2.24) is 10.2 Å². The molecule has 118 valence electrons. The fourth-order valence-electron chi connectivity index (χ4n) is 3.32. The lowest BCUT2D eigenvalue weighted by molar-refractivity contribution is 0.112. The Kier molecular flexibility index (Phi) is 3.66. The number of amides is 2. The van der Waals surface area contributed by atoms with Crippen LogP contribution in [0.2, 0.25) is 0 Å². The van der Waals surface area contributed by atoms with Gasteiger partial charge in [0.05, 0.1) is 12.6 Å². The van der Waals surface area contributed by atoms with Crippen LogP contribution < -0.4 is 10.1 Å². The van der Waals surface area contributed by atoms with Crippen LogP contribution in [0.15, 0.2) is 54.6 Å². The molecule has 0 spiro atoms. The minimum absolute atomic E-state index is 0.00431. The molecule has 2 aromatic carbocycles. The highest BCUT2D eigenvalue weighted by atomic mass is 16.5. The van der Waals surface area contributed by atoms with Crippen molar-refractivity contribution < 1.29 is 9.53 Å². The second-order valence-corrected chi connectivity index (χ2v) is 6.15. The lowest BCUT2D eigenvalue weighted by Crippen LogP contribution is -2.51. The van der Waals surface area contributed by atoms with Gasteiger partial charge in [-0.1, -0.05) is 48.5 Å². The van der Waals surface area contributed by atoms with E-state index < -0.39 is 0 Å². The molecule has 0 unspecified atom stereocenters. The van der Waals surface area contributed by atoms with E-state index in [4.69, 9.17) is 4.74 Å². The van der Waals surface area contributed by atoms with Crippen molar-refractivity contribution in [2.75, 3.05) is 13.1 Å². The first-order chi connectivity index (χ1) is 11.3. The first-order valence-electron chi connectivity index (χ1n) is 8.15. The summed E-state index contributed by atoms with van der Waals surface area (Å²) in [5, 5.41) is 3.02. The van der Waals surface area contributed by atoms with Crippen molar-refractivity contribution in [2.24, 2.45) is 0 Å². The van der Waals surface area contributed by atoms with Gasteiger partial charge in [-0.05, 0) is 23.6 Å². The monoisotopic (exact) mass is 308 g/mol. The summed E-state index contributed by atoms with van der Waals surface area (Å²) in [5.74, 6) is 0.942. The van der Waals surface area contributed by atoms with E-state index in [1.807, 2.05) is 41.3 Å². The van der Waals surface area contributed by atoms with Gasteiger partial charge in [-0.3, -0.25) is 0 Å². The molecule has 23 heavy (non-hydrogen) atoms. The first kappa shape index (κ1) is 14.1. The normalized spacial score (nSPS) is 22.0. The van der Waals surface area contributed by atoms with Crippen LogP contribution in [0, 0.1) is 0 Å². The van der Waals surface area contributed by atoms with Gasteiger partial charge in [-0.15, -0.1) is 0 Å². The van der Waals surface area contributed by atoms with Gasteiger partial charge in [0, 0.05) is 13.0 Å². The number of para-hydroxylation sites is 1. The molecule has 0 aromatic heterocycles. The van der Waals surface area contributed by atoms with E-state index in [2.05, 4.69) is 23.5 Å². The topological polar surface area (TPSA) is 41.6 Å². The molecular weight excluding hydrogens is 288 g/mol. The standard InChI is InChI=1S/C19H20N2O2/c22-19(21-11-10-17(21)14-6-2-1-3-7-14)20-13-16-12-15-8-4-5-9-18(15)23-16/h1-9,16-17H,10-13H2,(H,20,22)/t16-,17+/m1/s1. The number of hydrogen-bond acceptors (Lipinski definition) is 2. The van der Waals surface area contributed by atoms with Gasteiger partial charge in [0.25, 0.3) is 0 Å². The Morgan fingerprint density at radius 1 is 1.13 bits per heavy atom. The molecule has 0 saturated carbocycles. The van der Waals surface area contributed by atoms with Crippen molar-refractivity contribution in [3.63, 3.8) is 0 Å². The summed E-state index contributed by atoms with van der Waals surface area (Å²) < 4.78 is 5.87. The second-order valence-electron chi connectivity index (χ2n) is 6.15. The van der Waals surface area contributed by atoms with E-state index in [1.165, 1.54) is 11.1 Å². The average molecular weight is 308 g/mol. The fourth-order valence-corrected chi connectivity index (χ4v) is 3.32. The summed E-state index contributed by atoms with van der Waals surface area (Å²) in [6, 6.07) is 18.5. The number of carbonyl (C=O) groups is 1. The smallest absolute Gasteiger partial charge is 0.318 e. The largest absolute Gasteiger partial charge is 0.488 e. The predicted octanol–water partition coefficient (Wildman–Crippen LogP) is 3.15. The van der Waals surface area contributed by atoms with Crippen molar-refractivity contribution in [2.45, 2.75) is 25.0 Å². The summed E-state index contributed by atoms with van der Waals surface area (Å²) in [7, 11) is 0. The van der Waals surface area contributed by atoms with Gasteiger partial charge in [0.2, 0.25) is 0 Å². The fraction of sp³-hybridized carbons (Fsp3) is 0.316. The maximum Gasteiger partial charge on any atom is 0.318 e. The Hall–Kier alpha value is -2.49. The van der Waals surface area contributed by atoms with Crippen molar-refractivity contribution in [3.05, 3.63) is 65.7 Å². The Labute approximate surface area is 136 Å². The van der Waals surface area contributed by atoms with E-state index >= 15 is 0 Å². The molecule has 0 bridgehead atoms. The number of nitrogens with one attached hydrogen (secondary N) is 1. The van der Waals surface area contributed by atoms with Crippen LogP contribution in [-0.2, 0) is 6.42 Å². The van der Waals surface area contributed by atoms with Crippen LogP contribution in [0.5, 0.6) is 5.75 Å². The molecule has 1 fully saturated rings. The molecule has 4 rings (SSSR count). The first-order valence-corrected chi connectivity index (χ1v) is 8.15. The Balaban J connectivity index is 1.31. The summed E-state index contributed by atoms with van der Waals surface area (Å²) in [6.07, 6.45) is 1.93. The molecule has 0 aliphatic carbocycles. The third-order valence-electron chi connectivity index (χ3n) is 4.66. The van der Waals surface area contributed by atoms with Gasteiger partial charge >= 0.3 is 6.03 Å². The third-order valence-corrected chi connectivity index (χ3v) is 4.66. The molecular formula is C19H20N2O2. The molecule has 2 aromatic rings. The number of ether oxygens (including phenoxy) is 1. The van der Waals surface area contributed by atoms with Crippen LogP contribution in [-0.4, -0.2) is 30.1 Å². The van der Waals surface area contributed by atoms with Crippen LogP contribution in [0.4, 0.5) is 4.79 Å². The van der Waals surface area contributed by atoms with E-state index in [0.29, 0.717) is 6.54 Å². The number of hydrogen-bond donors (Lipinski definition) is 1. The minimum atomic E-state index is 0.00431. The third kappa shape index (κ3) is 2.77. The zero-order valence-corrected chi connectivity index (χ0v) is 12.9. The zero-order valence-electron chi connectivity index (χ0n) is 12.9. The highest BCUT2D eigenvalue weighted by Crippen LogP contribution is 2.33. The second kappa shape index (κ2) is 5.95. The number of benzene rings is 2. The lowest BCUT2D eigenvalue weighted by atomic mass is 9.95. The van der Waals surface area contributed by atoms with E-state index in [1.54, 1.807) is 0 Å². The Bertz CT molecular complexity index is 677. The number of nitrogens with zero attached hydrogens (tertiary/aromatic N) is 1. The minimum Gasteiger partial charge on any atom is -0.488 e. The predicted molar refractivity (Wildman–Crippen MR) is 88.5 cm³/mol. The van der Waals surface area contributed by atoms with Crippen LogP contribution >= 0.6 is 0 Å². The molecule has 2 aliphatic heterocycles. The average Bonchev–Trinajstić information content (AvgIpc) is 2.96. The summed E-state index contributed by atoms with van der Waals surface area (Å²) in [4.78, 5) is 14.3. The van der Waals surface area contributed by atoms with Crippen LogP contribution in [0.25, 0.3) is 0 Å². The molecule has 2 atom stereocenters. The van der Waals surface area contributed by atoms with Crippen molar-refractivity contribution in [3.8, 4) is 5.75 Å². The number of fused-ring (bicyclic) bond motifs is 1. The quantitative estimate of drug-likeness (QED) is 0.946. The molecule has 2 aliphatic rings. The number of urea groups is 1. The number of rotatable bonds is 3. The summed E-state index contributed by atoms with van der Waals surface area (Å²) in [6.45, 7) is 1.36. The SMILES string of the molecule is O=C(NC[C@H]1Cc2ccccc2O1)N1CC[C@H]1c1ccccc1. The van der Waals surface area contributed by atoms with E-state index in [0.717, 1.165) is 25.1 Å². The van der Waals surface area contributed by atoms with Gasteiger partial charge in [0.1, 0.15) is 11.9 Å². The maximum atomic E-state index is 12.4. The van der Waals surface area contributed by atoms with Gasteiger partial charge < -0.3 is 15.0 Å². The van der Waals surface area contributed by atoms with Crippen molar-refractivity contribution >= 4 is 6.03 Å². The molecule has 2 amide bonds. The Morgan fingerprint density at radius 2 is 1.91 bits per heavy atom. The molecule has 4 heteroatoms. The molecule has 2 heterocycles. The van der Waals surface area contributed by atoms with E-state index in [-0.39, 0.29) is 18.2 Å².